The molecule has 1 saturated heterocycles. The first-order chi connectivity index (χ1) is 22.2. The van der Waals surface area contributed by atoms with Crippen molar-refractivity contribution in [2.45, 2.75) is 6.10 Å². The predicted octanol–water partition coefficient (Wildman–Crippen LogP) is 4.16. The molecule has 2 atom stereocenters. The van der Waals surface area contributed by atoms with Gasteiger partial charge in [-0.3, -0.25) is 0 Å². The number of methoxy groups -OCH3 is 2. The van der Waals surface area contributed by atoms with E-state index in [1.165, 1.54) is 15.9 Å². The Kier molecular flexibility index (Phi) is 8.75. The third-order valence-electron chi connectivity index (χ3n) is 9.77. The molecule has 0 aliphatic carbocycles. The van der Waals surface area contributed by atoms with Crippen LogP contribution in [0.15, 0.2) is 108 Å². The van der Waals surface area contributed by atoms with E-state index in [1.54, 1.807) is 14.2 Å². The van der Waals surface area contributed by atoms with Crippen molar-refractivity contribution in [3.05, 3.63) is 109 Å². The Labute approximate surface area is 266 Å². The fourth-order valence-electron chi connectivity index (χ4n) is 7.27. The zero-order valence-corrected chi connectivity index (χ0v) is 27.1. The number of benzene rings is 4. The second-order valence-corrected chi connectivity index (χ2v) is 16.2. The van der Waals surface area contributed by atoms with Crippen molar-refractivity contribution in [1.29, 1.82) is 0 Å². The average Bonchev–Trinajstić information content (AvgIpc) is 3.53. The molecule has 0 bridgehead atoms. The molecule has 0 saturated carbocycles. The van der Waals surface area contributed by atoms with Crippen molar-refractivity contribution < 1.29 is 19.0 Å². The van der Waals surface area contributed by atoms with E-state index in [0.717, 1.165) is 62.5 Å². The van der Waals surface area contributed by atoms with Crippen LogP contribution in [0.5, 0.6) is 17.2 Å². The van der Waals surface area contributed by atoms with E-state index in [0.29, 0.717) is 18.1 Å². The van der Waals surface area contributed by atoms with Gasteiger partial charge >= 0.3 is 226 Å². The molecular weight excluding hydrogens is 581 g/mol. The third-order valence-corrected chi connectivity index (χ3v) is 14.7. The molecular formula is C37H42N3O4P. The molecule has 4 aromatic carbocycles. The zero-order chi connectivity index (χ0) is 30.6. The van der Waals surface area contributed by atoms with E-state index in [9.17, 15) is 0 Å². The van der Waals surface area contributed by atoms with Crippen LogP contribution in [0.1, 0.15) is 5.56 Å². The van der Waals surface area contributed by atoms with Crippen molar-refractivity contribution in [2.24, 2.45) is 11.1 Å². The molecule has 7 nitrogen and oxygen atoms in total. The molecule has 4 aromatic rings. The first-order valence-corrected chi connectivity index (χ1v) is 18.1. The molecule has 0 radical (unpaired) electrons. The monoisotopic (exact) mass is 623 g/mol. The summed E-state index contributed by atoms with van der Waals surface area (Å²) in [7, 11) is 1.04. The maximum absolute atomic E-state index is 6.17. The Hall–Kier alpha value is -3.90. The number of hydrogen-bond donors (Lipinski definition) is 0. The van der Waals surface area contributed by atoms with Crippen molar-refractivity contribution in [3.63, 3.8) is 0 Å². The Bertz CT molecular complexity index is 1510. The molecule has 7 rings (SSSR count). The minimum absolute atomic E-state index is 0.0258. The van der Waals surface area contributed by atoms with Crippen LogP contribution in [0, 0.1) is 5.92 Å². The summed E-state index contributed by atoms with van der Waals surface area (Å²) in [6.07, 6.45) is 1.11. The number of oxime groups is 1. The van der Waals surface area contributed by atoms with Crippen molar-refractivity contribution in [1.82, 2.24) is 9.80 Å². The summed E-state index contributed by atoms with van der Waals surface area (Å²) in [5.41, 5.74) is 1.88. The molecule has 0 N–H and O–H groups in total. The van der Waals surface area contributed by atoms with E-state index in [1.807, 2.05) is 12.1 Å². The topological polar surface area (TPSA) is 55.8 Å². The Morgan fingerprint density at radius 3 is 1.82 bits per heavy atom. The van der Waals surface area contributed by atoms with Gasteiger partial charge in [0.1, 0.15) is 0 Å². The standard InChI is InChI=1S/C37H42N3O4P/c1-41-34-24-31-33(25-35(34)42-2)43-27-32-36(44-38-37(31)32)26-40-20-18-39(19-21-40)22-23-45(28-12-6-3-7-13-28,29-14-8-4-9-15-29)30-16-10-5-11-17-30/h3-17,24-25,32,36,45H,18-23,26-27H2,1-2H3. The Morgan fingerprint density at radius 2 is 1.27 bits per heavy atom. The first kappa shape index (κ1) is 29.8. The molecule has 45 heavy (non-hydrogen) atoms. The third kappa shape index (κ3) is 5.81. The Morgan fingerprint density at radius 1 is 0.733 bits per heavy atom. The van der Waals surface area contributed by atoms with Gasteiger partial charge in [0.15, 0.2) is 11.5 Å². The van der Waals surface area contributed by atoms with E-state index >= 15 is 0 Å². The summed E-state index contributed by atoms with van der Waals surface area (Å²) in [5, 5.41) is 8.97. The zero-order valence-electron chi connectivity index (χ0n) is 26.1. The van der Waals surface area contributed by atoms with Crippen LogP contribution in [0.25, 0.3) is 0 Å². The minimum atomic E-state index is -2.24. The van der Waals surface area contributed by atoms with Crippen LogP contribution < -0.4 is 30.1 Å². The normalized spacial score (nSPS) is 20.3. The number of piperazine rings is 1. The molecule has 2 unspecified atom stereocenters. The van der Waals surface area contributed by atoms with Gasteiger partial charge < -0.3 is 9.47 Å². The second-order valence-electron chi connectivity index (χ2n) is 12.1. The molecule has 0 aromatic heterocycles. The molecule has 0 amide bonds. The van der Waals surface area contributed by atoms with Crippen LogP contribution >= 0.6 is 7.26 Å². The van der Waals surface area contributed by atoms with Gasteiger partial charge in [0.05, 0.1) is 14.2 Å². The molecule has 3 aliphatic rings. The van der Waals surface area contributed by atoms with Crippen LogP contribution in [0.4, 0.5) is 0 Å². The number of hydrogen-bond acceptors (Lipinski definition) is 7. The van der Waals surface area contributed by atoms with E-state index in [-0.39, 0.29) is 12.0 Å². The summed E-state index contributed by atoms with van der Waals surface area (Å²) in [6.45, 7) is 6.59. The SMILES string of the molecule is COc1cc2c(cc1OC)C1=NOC(CN3CCN(CC[PH](c4ccccc4)(c4ccccc4)c4ccccc4)CC3)C1CO2. The van der Waals surface area contributed by atoms with Gasteiger partial charge in [0.25, 0.3) is 0 Å². The predicted molar refractivity (Wildman–Crippen MR) is 184 cm³/mol. The van der Waals surface area contributed by atoms with Gasteiger partial charge in [-0.25, -0.2) is 0 Å². The van der Waals surface area contributed by atoms with Gasteiger partial charge in [-0.05, 0) is 0 Å². The summed E-state index contributed by atoms with van der Waals surface area (Å²) in [4.78, 5) is 11.2. The number of fused-ring (bicyclic) bond motifs is 3. The number of nitrogens with zero attached hydrogens (tertiary/aromatic N) is 3. The van der Waals surface area contributed by atoms with Crippen LogP contribution in [0.3, 0.4) is 0 Å². The fourth-order valence-corrected chi connectivity index (χ4v) is 12.1. The van der Waals surface area contributed by atoms with E-state index in [4.69, 9.17) is 19.0 Å². The first-order valence-electron chi connectivity index (χ1n) is 15.9. The van der Waals surface area contributed by atoms with E-state index < -0.39 is 7.26 Å². The summed E-state index contributed by atoms with van der Waals surface area (Å²) in [6, 6.07) is 37.5. The molecule has 1 fully saturated rings. The second kappa shape index (κ2) is 13.2. The van der Waals surface area contributed by atoms with Crippen LogP contribution in [0.2, 0.25) is 0 Å². The summed E-state index contributed by atoms with van der Waals surface area (Å²) in [5.74, 6) is 2.19. The molecule has 3 heterocycles. The van der Waals surface area contributed by atoms with Crippen LogP contribution in [-0.4, -0.2) is 87.9 Å². The van der Waals surface area contributed by atoms with Gasteiger partial charge in [-0.2, -0.15) is 0 Å². The van der Waals surface area contributed by atoms with Gasteiger partial charge in [0.2, 0.25) is 0 Å². The quantitative estimate of drug-likeness (QED) is 0.248. The maximum atomic E-state index is 6.17. The summed E-state index contributed by atoms with van der Waals surface area (Å²) >= 11 is 0. The summed E-state index contributed by atoms with van der Waals surface area (Å²) < 4.78 is 17.2. The molecule has 234 valence electrons. The van der Waals surface area contributed by atoms with Crippen molar-refractivity contribution in [2.75, 3.05) is 66.3 Å². The molecule has 0 spiro atoms. The van der Waals surface area contributed by atoms with Gasteiger partial charge in [0, 0.05) is 6.07 Å². The van der Waals surface area contributed by atoms with Gasteiger partial charge in [-0.1, -0.05) is 0 Å². The fraction of sp³-hybridized carbons (Fsp3) is 0.324. The number of ether oxygens (including phenoxy) is 3. The molecule has 8 heteroatoms. The van der Waals surface area contributed by atoms with E-state index in [2.05, 4.69) is 106 Å². The average molecular weight is 624 g/mol. The molecule has 3 aliphatic heterocycles. The number of rotatable bonds is 10. The Balaban J connectivity index is 1.02. The van der Waals surface area contributed by atoms with Gasteiger partial charge in [-0.15, -0.1) is 0 Å². The van der Waals surface area contributed by atoms with Crippen LogP contribution in [-0.2, 0) is 4.84 Å². The van der Waals surface area contributed by atoms with Crippen molar-refractivity contribution in [3.8, 4) is 17.2 Å². The van der Waals surface area contributed by atoms with Crippen molar-refractivity contribution >= 4 is 28.9 Å².